The van der Waals surface area contributed by atoms with Crippen LogP contribution in [0.1, 0.15) is 40.0 Å². The van der Waals surface area contributed by atoms with E-state index in [2.05, 4.69) is 5.32 Å². The molecule has 0 saturated carbocycles. The van der Waals surface area contributed by atoms with E-state index < -0.39 is 0 Å². The van der Waals surface area contributed by atoms with Crippen LogP contribution in [-0.4, -0.2) is 49.1 Å². The van der Waals surface area contributed by atoms with Gasteiger partial charge in [-0.05, 0) is 32.2 Å². The number of amides is 1. The van der Waals surface area contributed by atoms with Crippen LogP contribution in [0.2, 0.25) is 0 Å². The Balaban J connectivity index is 2.50. The van der Waals surface area contributed by atoms with Crippen molar-refractivity contribution in [3.63, 3.8) is 0 Å². The van der Waals surface area contributed by atoms with Crippen molar-refractivity contribution >= 4 is 11.9 Å². The maximum Gasteiger partial charge on any atom is 0.325 e. The highest BCUT2D eigenvalue weighted by molar-refractivity contribution is 5.82. The zero-order chi connectivity index (χ0) is 14.3. The van der Waals surface area contributed by atoms with Crippen LogP contribution in [0.4, 0.5) is 0 Å². The molecule has 1 N–H and O–H groups in total. The summed E-state index contributed by atoms with van der Waals surface area (Å²) in [5.41, 5.74) is 0. The number of hydrogen-bond acceptors (Lipinski definition) is 4. The van der Waals surface area contributed by atoms with Crippen LogP contribution >= 0.6 is 0 Å². The Morgan fingerprint density at radius 3 is 2.68 bits per heavy atom. The third-order valence-electron chi connectivity index (χ3n) is 3.15. The lowest BCUT2D eigenvalue weighted by molar-refractivity contribution is -0.149. The van der Waals surface area contributed by atoms with Gasteiger partial charge in [-0.1, -0.05) is 13.8 Å². The normalized spacial score (nSPS) is 18.6. The third kappa shape index (κ3) is 6.05. The second-order valence-corrected chi connectivity index (χ2v) is 5.47. The molecule has 1 amide bonds. The fourth-order valence-corrected chi connectivity index (χ4v) is 2.33. The third-order valence-corrected chi connectivity index (χ3v) is 3.15. The fraction of sp³-hybridized carbons (Fsp3) is 0.857. The van der Waals surface area contributed by atoms with Crippen molar-refractivity contribution in [3.05, 3.63) is 0 Å². The first-order chi connectivity index (χ1) is 9.02. The van der Waals surface area contributed by atoms with Crippen molar-refractivity contribution in [3.8, 4) is 0 Å². The minimum atomic E-state index is -0.323. The predicted molar refractivity (Wildman–Crippen MR) is 73.7 cm³/mol. The molecule has 1 aliphatic heterocycles. The van der Waals surface area contributed by atoms with Crippen molar-refractivity contribution < 1.29 is 14.3 Å². The average molecular weight is 270 g/mol. The maximum atomic E-state index is 12.3. The van der Waals surface area contributed by atoms with Crippen molar-refractivity contribution in [2.75, 3.05) is 26.2 Å². The molecule has 1 saturated heterocycles. The molecule has 5 heteroatoms. The standard InChI is InChI=1S/C14H26N2O3/c1-4-19-14(18)10-16(9-11(2)3)13(17)8-12-6-5-7-15-12/h11-12,15H,4-10H2,1-3H3. The van der Waals surface area contributed by atoms with Crippen LogP contribution < -0.4 is 5.32 Å². The number of ether oxygens (including phenoxy) is 1. The molecule has 0 radical (unpaired) electrons. The second kappa shape index (κ2) is 8.15. The lowest BCUT2D eigenvalue weighted by Gasteiger charge is -2.25. The number of carbonyl (C=O) groups is 2. The number of nitrogens with zero attached hydrogens (tertiary/aromatic N) is 1. The Morgan fingerprint density at radius 1 is 1.42 bits per heavy atom. The van der Waals surface area contributed by atoms with Gasteiger partial charge in [0.15, 0.2) is 0 Å². The lowest BCUT2D eigenvalue weighted by atomic mass is 10.1. The molecule has 0 aliphatic carbocycles. The molecule has 1 atom stereocenters. The van der Waals surface area contributed by atoms with Gasteiger partial charge in [-0.2, -0.15) is 0 Å². The van der Waals surface area contributed by atoms with Crippen molar-refractivity contribution in [1.29, 1.82) is 0 Å². The van der Waals surface area contributed by atoms with Crippen LogP contribution in [0, 0.1) is 5.92 Å². The second-order valence-electron chi connectivity index (χ2n) is 5.47. The summed E-state index contributed by atoms with van der Waals surface area (Å²) in [6.45, 7) is 7.86. The highest BCUT2D eigenvalue weighted by Crippen LogP contribution is 2.11. The summed E-state index contributed by atoms with van der Waals surface area (Å²) in [5.74, 6) is 0.0620. The van der Waals surface area contributed by atoms with Crippen LogP contribution in [0.15, 0.2) is 0 Å². The van der Waals surface area contributed by atoms with Gasteiger partial charge in [0.2, 0.25) is 5.91 Å². The number of esters is 1. The van der Waals surface area contributed by atoms with Gasteiger partial charge in [-0.3, -0.25) is 9.59 Å². The molecule has 1 aliphatic rings. The Morgan fingerprint density at radius 2 is 2.16 bits per heavy atom. The zero-order valence-electron chi connectivity index (χ0n) is 12.3. The van der Waals surface area contributed by atoms with E-state index in [9.17, 15) is 9.59 Å². The van der Waals surface area contributed by atoms with Crippen LogP contribution in [0.25, 0.3) is 0 Å². The monoisotopic (exact) mass is 270 g/mol. The first-order valence-electron chi connectivity index (χ1n) is 7.19. The Kier molecular flexibility index (Phi) is 6.84. The van der Waals surface area contributed by atoms with E-state index in [1.807, 2.05) is 13.8 Å². The molecule has 0 aromatic heterocycles. The van der Waals surface area contributed by atoms with Crippen molar-refractivity contribution in [1.82, 2.24) is 10.2 Å². The molecule has 19 heavy (non-hydrogen) atoms. The smallest absolute Gasteiger partial charge is 0.325 e. The summed E-state index contributed by atoms with van der Waals surface area (Å²) >= 11 is 0. The summed E-state index contributed by atoms with van der Waals surface area (Å²) in [5, 5.41) is 3.31. The quantitative estimate of drug-likeness (QED) is 0.706. The van der Waals surface area contributed by atoms with Gasteiger partial charge in [-0.25, -0.2) is 0 Å². The van der Waals surface area contributed by atoms with Gasteiger partial charge in [0.25, 0.3) is 0 Å². The topological polar surface area (TPSA) is 58.6 Å². The summed E-state index contributed by atoms with van der Waals surface area (Å²) in [7, 11) is 0. The van der Waals surface area contributed by atoms with Crippen molar-refractivity contribution in [2.24, 2.45) is 5.92 Å². The molecule has 1 heterocycles. The molecular formula is C14H26N2O3. The van der Waals surface area contributed by atoms with Gasteiger partial charge in [-0.15, -0.1) is 0 Å². The molecule has 5 nitrogen and oxygen atoms in total. The predicted octanol–water partition coefficient (Wildman–Crippen LogP) is 1.18. The number of nitrogens with one attached hydrogen (secondary N) is 1. The van der Waals surface area contributed by atoms with E-state index in [0.29, 0.717) is 25.5 Å². The maximum absolute atomic E-state index is 12.3. The Hall–Kier alpha value is -1.10. The van der Waals surface area contributed by atoms with E-state index in [1.54, 1.807) is 11.8 Å². The molecular weight excluding hydrogens is 244 g/mol. The molecule has 0 bridgehead atoms. The minimum absolute atomic E-state index is 0.0427. The highest BCUT2D eigenvalue weighted by atomic mass is 16.5. The van der Waals surface area contributed by atoms with E-state index in [-0.39, 0.29) is 24.5 Å². The molecule has 0 aromatic rings. The number of hydrogen-bond donors (Lipinski definition) is 1. The summed E-state index contributed by atoms with van der Waals surface area (Å²) in [6, 6.07) is 0.268. The van der Waals surface area contributed by atoms with E-state index in [0.717, 1.165) is 19.4 Å². The molecule has 0 aromatic carbocycles. The van der Waals surface area contributed by atoms with Crippen LogP contribution in [0.5, 0.6) is 0 Å². The van der Waals surface area contributed by atoms with Crippen molar-refractivity contribution in [2.45, 2.75) is 46.1 Å². The Labute approximate surface area is 115 Å². The van der Waals surface area contributed by atoms with Gasteiger partial charge in [0.1, 0.15) is 6.54 Å². The van der Waals surface area contributed by atoms with Gasteiger partial charge >= 0.3 is 5.97 Å². The summed E-state index contributed by atoms with van der Waals surface area (Å²) in [6.07, 6.45) is 2.65. The van der Waals surface area contributed by atoms with Crippen LogP contribution in [-0.2, 0) is 14.3 Å². The average Bonchev–Trinajstić information content (AvgIpc) is 2.80. The molecule has 110 valence electrons. The van der Waals surface area contributed by atoms with Gasteiger partial charge in [0, 0.05) is 19.0 Å². The van der Waals surface area contributed by atoms with E-state index in [4.69, 9.17) is 4.74 Å². The Bertz CT molecular complexity index is 299. The van der Waals surface area contributed by atoms with E-state index in [1.165, 1.54) is 0 Å². The molecule has 1 rings (SSSR count). The first-order valence-corrected chi connectivity index (χ1v) is 7.19. The first kappa shape index (κ1) is 16.0. The fourth-order valence-electron chi connectivity index (χ4n) is 2.33. The van der Waals surface area contributed by atoms with Gasteiger partial charge in [0.05, 0.1) is 6.61 Å². The highest BCUT2D eigenvalue weighted by Gasteiger charge is 2.23. The molecule has 0 spiro atoms. The number of rotatable bonds is 7. The number of carbonyl (C=O) groups excluding carboxylic acids is 2. The molecule has 1 fully saturated rings. The zero-order valence-corrected chi connectivity index (χ0v) is 12.3. The summed E-state index contributed by atoms with van der Waals surface area (Å²) < 4.78 is 4.93. The summed E-state index contributed by atoms with van der Waals surface area (Å²) in [4.78, 5) is 25.4. The lowest BCUT2D eigenvalue weighted by Crippen LogP contribution is -2.41. The minimum Gasteiger partial charge on any atom is -0.465 e. The van der Waals surface area contributed by atoms with Gasteiger partial charge < -0.3 is 15.0 Å². The SMILES string of the molecule is CCOC(=O)CN(CC(C)C)C(=O)CC1CCCN1. The molecule has 1 unspecified atom stereocenters. The van der Waals surface area contributed by atoms with E-state index >= 15 is 0 Å². The largest absolute Gasteiger partial charge is 0.465 e. The van der Waals surface area contributed by atoms with Crippen LogP contribution in [0.3, 0.4) is 0 Å².